The van der Waals surface area contributed by atoms with E-state index in [0.29, 0.717) is 18.8 Å². The van der Waals surface area contributed by atoms with Gasteiger partial charge in [0.05, 0.1) is 12.8 Å². The molecule has 0 spiro atoms. The molecule has 0 unspecified atom stereocenters. The zero-order chi connectivity index (χ0) is 14.5. The zero-order valence-corrected chi connectivity index (χ0v) is 12.0. The smallest absolute Gasteiger partial charge is 0.271 e. The number of amides is 1. The Labute approximate surface area is 118 Å². The highest BCUT2D eigenvalue weighted by Gasteiger charge is 2.15. The number of nitrogens with zero attached hydrogens (tertiary/aromatic N) is 2. The summed E-state index contributed by atoms with van der Waals surface area (Å²) in [6.07, 6.45) is 0. The normalized spacial score (nSPS) is 10.3. The first kappa shape index (κ1) is 14.1. The van der Waals surface area contributed by atoms with Gasteiger partial charge >= 0.3 is 0 Å². The molecule has 0 saturated carbocycles. The van der Waals surface area contributed by atoms with Gasteiger partial charge in [0.25, 0.3) is 5.91 Å². The lowest BCUT2D eigenvalue weighted by atomic mass is 10.1. The summed E-state index contributed by atoms with van der Waals surface area (Å²) in [5, 5.41) is 7.01. The van der Waals surface area contributed by atoms with Gasteiger partial charge in [0, 0.05) is 18.7 Å². The predicted octanol–water partition coefficient (Wildman–Crippen LogP) is 2.57. The topological polar surface area (TPSA) is 58.2 Å². The van der Waals surface area contributed by atoms with Gasteiger partial charge in [-0.05, 0) is 44.2 Å². The van der Waals surface area contributed by atoms with Crippen molar-refractivity contribution in [3.05, 3.63) is 36.0 Å². The second-order valence-electron chi connectivity index (χ2n) is 4.37. The zero-order valence-electron chi connectivity index (χ0n) is 12.0. The molecule has 5 heteroatoms. The molecular formula is C15H19N3O2. The lowest BCUT2D eigenvalue weighted by Gasteiger charge is -2.16. The Kier molecular flexibility index (Phi) is 4.40. The van der Waals surface area contributed by atoms with Crippen molar-refractivity contribution in [1.29, 1.82) is 0 Å². The lowest BCUT2D eigenvalue weighted by molar-refractivity contribution is 0.0767. The molecule has 0 aliphatic heterocycles. The summed E-state index contributed by atoms with van der Waals surface area (Å²) in [6.45, 7) is 5.29. The summed E-state index contributed by atoms with van der Waals surface area (Å²) in [4.78, 5) is 13.9. The van der Waals surface area contributed by atoms with E-state index in [-0.39, 0.29) is 5.91 Å². The van der Waals surface area contributed by atoms with Crippen LogP contribution < -0.4 is 4.74 Å². The number of aromatic amines is 1. The fourth-order valence-corrected chi connectivity index (χ4v) is 2.02. The van der Waals surface area contributed by atoms with Crippen molar-refractivity contribution in [2.45, 2.75) is 13.8 Å². The molecule has 0 radical (unpaired) electrons. The van der Waals surface area contributed by atoms with Crippen molar-refractivity contribution in [2.75, 3.05) is 20.2 Å². The van der Waals surface area contributed by atoms with Crippen LogP contribution in [0.15, 0.2) is 30.3 Å². The molecule has 1 aromatic heterocycles. The van der Waals surface area contributed by atoms with Gasteiger partial charge in [0.2, 0.25) is 0 Å². The van der Waals surface area contributed by atoms with Crippen molar-refractivity contribution in [2.24, 2.45) is 0 Å². The Balaban J connectivity index is 2.21. The van der Waals surface area contributed by atoms with Gasteiger partial charge in [-0.1, -0.05) is 0 Å². The van der Waals surface area contributed by atoms with Crippen LogP contribution in [0.3, 0.4) is 0 Å². The Morgan fingerprint density at radius 3 is 2.45 bits per heavy atom. The summed E-state index contributed by atoms with van der Waals surface area (Å²) in [7, 11) is 1.63. The highest BCUT2D eigenvalue weighted by molar-refractivity contribution is 5.93. The molecule has 2 rings (SSSR count). The van der Waals surface area contributed by atoms with Crippen LogP contribution in [-0.2, 0) is 0 Å². The second-order valence-corrected chi connectivity index (χ2v) is 4.37. The highest BCUT2D eigenvalue weighted by Crippen LogP contribution is 2.21. The number of carbonyl (C=O) groups excluding carboxylic acids is 1. The molecule has 20 heavy (non-hydrogen) atoms. The van der Waals surface area contributed by atoms with Gasteiger partial charge in [-0.25, -0.2) is 0 Å². The highest BCUT2D eigenvalue weighted by atomic mass is 16.5. The summed E-state index contributed by atoms with van der Waals surface area (Å²) in [5.74, 6) is 0.769. The van der Waals surface area contributed by atoms with Gasteiger partial charge < -0.3 is 9.64 Å². The van der Waals surface area contributed by atoms with Crippen LogP contribution in [-0.4, -0.2) is 41.2 Å². The molecule has 1 heterocycles. The number of ether oxygens (including phenoxy) is 1. The molecule has 0 saturated heterocycles. The van der Waals surface area contributed by atoms with E-state index in [1.807, 2.05) is 38.1 Å². The molecule has 0 atom stereocenters. The van der Waals surface area contributed by atoms with Gasteiger partial charge in [0.1, 0.15) is 11.4 Å². The molecule has 5 nitrogen and oxygen atoms in total. The Hall–Kier alpha value is -2.30. The van der Waals surface area contributed by atoms with Crippen LogP contribution in [0, 0.1) is 0 Å². The quantitative estimate of drug-likeness (QED) is 0.910. The maximum absolute atomic E-state index is 12.2. The number of H-pyrrole nitrogens is 1. The molecular weight excluding hydrogens is 254 g/mol. The maximum atomic E-state index is 12.2. The Morgan fingerprint density at radius 2 is 1.90 bits per heavy atom. The SMILES string of the molecule is CCN(CC)C(=O)c1cc(-c2ccc(OC)cc2)n[nH]1. The lowest BCUT2D eigenvalue weighted by Crippen LogP contribution is -2.30. The maximum Gasteiger partial charge on any atom is 0.271 e. The van der Waals surface area contributed by atoms with E-state index in [1.165, 1.54) is 0 Å². The first-order valence-corrected chi connectivity index (χ1v) is 6.68. The fraction of sp³-hybridized carbons (Fsp3) is 0.333. The van der Waals surface area contributed by atoms with Crippen LogP contribution >= 0.6 is 0 Å². The number of aromatic nitrogens is 2. The average Bonchev–Trinajstić information content (AvgIpc) is 2.98. The number of nitrogens with one attached hydrogen (secondary N) is 1. The molecule has 1 amide bonds. The van der Waals surface area contributed by atoms with Crippen LogP contribution in [0.5, 0.6) is 5.75 Å². The number of hydrogen-bond donors (Lipinski definition) is 1. The summed E-state index contributed by atoms with van der Waals surface area (Å²) >= 11 is 0. The molecule has 0 fully saturated rings. The van der Waals surface area contributed by atoms with Crippen molar-refractivity contribution in [3.8, 4) is 17.0 Å². The van der Waals surface area contributed by atoms with Crippen molar-refractivity contribution in [1.82, 2.24) is 15.1 Å². The van der Waals surface area contributed by atoms with E-state index in [2.05, 4.69) is 10.2 Å². The van der Waals surface area contributed by atoms with Crippen molar-refractivity contribution >= 4 is 5.91 Å². The summed E-state index contributed by atoms with van der Waals surface area (Å²) < 4.78 is 5.12. The van der Waals surface area contributed by atoms with E-state index >= 15 is 0 Å². The van der Waals surface area contributed by atoms with Crippen LogP contribution in [0.1, 0.15) is 24.3 Å². The second kappa shape index (κ2) is 6.23. The first-order valence-electron chi connectivity index (χ1n) is 6.68. The average molecular weight is 273 g/mol. The standard InChI is InChI=1S/C15H19N3O2/c1-4-18(5-2)15(19)14-10-13(16-17-14)11-6-8-12(20-3)9-7-11/h6-10H,4-5H2,1-3H3,(H,16,17). The van der Waals surface area contributed by atoms with Gasteiger partial charge in [0.15, 0.2) is 0 Å². The minimum atomic E-state index is -0.0257. The molecule has 106 valence electrons. The van der Waals surface area contributed by atoms with Crippen molar-refractivity contribution in [3.63, 3.8) is 0 Å². The third-order valence-corrected chi connectivity index (χ3v) is 3.24. The number of carbonyl (C=O) groups is 1. The molecule has 2 aromatic rings. The number of benzene rings is 1. The van der Waals surface area contributed by atoms with E-state index in [4.69, 9.17) is 4.74 Å². The van der Waals surface area contributed by atoms with Crippen LogP contribution in [0.4, 0.5) is 0 Å². The molecule has 0 aliphatic carbocycles. The van der Waals surface area contributed by atoms with E-state index in [1.54, 1.807) is 18.1 Å². The summed E-state index contributed by atoms with van der Waals surface area (Å²) in [6, 6.07) is 9.36. The fourth-order valence-electron chi connectivity index (χ4n) is 2.02. The molecule has 0 bridgehead atoms. The Bertz CT molecular complexity index is 571. The summed E-state index contributed by atoms with van der Waals surface area (Å²) in [5.41, 5.74) is 2.21. The minimum Gasteiger partial charge on any atom is -0.497 e. The van der Waals surface area contributed by atoms with E-state index < -0.39 is 0 Å². The van der Waals surface area contributed by atoms with E-state index in [9.17, 15) is 4.79 Å². The molecule has 0 aliphatic rings. The predicted molar refractivity (Wildman–Crippen MR) is 77.8 cm³/mol. The van der Waals surface area contributed by atoms with Crippen LogP contribution in [0.2, 0.25) is 0 Å². The third kappa shape index (κ3) is 2.82. The largest absolute Gasteiger partial charge is 0.497 e. The number of methoxy groups -OCH3 is 1. The van der Waals surface area contributed by atoms with Gasteiger partial charge in [-0.2, -0.15) is 5.10 Å². The van der Waals surface area contributed by atoms with Crippen LogP contribution in [0.25, 0.3) is 11.3 Å². The first-order chi connectivity index (χ1) is 9.69. The molecule has 1 N–H and O–H groups in total. The monoisotopic (exact) mass is 273 g/mol. The number of rotatable bonds is 5. The molecule has 1 aromatic carbocycles. The number of hydrogen-bond acceptors (Lipinski definition) is 3. The van der Waals surface area contributed by atoms with Gasteiger partial charge in [-0.15, -0.1) is 0 Å². The third-order valence-electron chi connectivity index (χ3n) is 3.24. The van der Waals surface area contributed by atoms with E-state index in [0.717, 1.165) is 17.0 Å². The van der Waals surface area contributed by atoms with Gasteiger partial charge in [-0.3, -0.25) is 9.89 Å². The van der Waals surface area contributed by atoms with Crippen molar-refractivity contribution < 1.29 is 9.53 Å². The minimum absolute atomic E-state index is 0.0257. The Morgan fingerprint density at radius 1 is 1.25 bits per heavy atom.